The fourth-order valence-electron chi connectivity index (χ4n) is 1.54. The quantitative estimate of drug-likeness (QED) is 0.732. The highest BCUT2D eigenvalue weighted by molar-refractivity contribution is 5.72. The smallest absolute Gasteiger partial charge is 0.302 e. The summed E-state index contributed by atoms with van der Waals surface area (Å²) in [5, 5.41) is 8.55. The van der Waals surface area contributed by atoms with Crippen LogP contribution in [0.25, 0.3) is 11.0 Å². The highest BCUT2D eigenvalue weighted by atomic mass is 16.5. The summed E-state index contributed by atoms with van der Waals surface area (Å²) >= 11 is 0. The monoisotopic (exact) mass is 219 g/mol. The number of carbonyl (C=O) groups excluding carboxylic acids is 1. The Bertz CT molecular complexity index is 474. The van der Waals surface area contributed by atoms with Gasteiger partial charge in [0.15, 0.2) is 0 Å². The minimum Gasteiger partial charge on any atom is -0.461 e. The molecule has 0 unspecified atom stereocenters. The normalized spacial score (nSPS) is 12.6. The second-order valence-corrected chi connectivity index (χ2v) is 3.66. The third kappa shape index (κ3) is 2.36. The average Bonchev–Trinajstić information content (AvgIpc) is 2.57. The Hall–Kier alpha value is -1.91. The molecule has 0 fully saturated rings. The molecule has 1 aromatic carbocycles. The third-order valence-electron chi connectivity index (χ3n) is 2.12. The van der Waals surface area contributed by atoms with Crippen LogP contribution in [0.4, 0.5) is 0 Å². The number of carbonyl (C=O) groups is 1. The maximum Gasteiger partial charge on any atom is 0.302 e. The molecule has 1 atom stereocenters. The van der Waals surface area contributed by atoms with Crippen LogP contribution < -0.4 is 0 Å². The van der Waals surface area contributed by atoms with Gasteiger partial charge in [-0.25, -0.2) is 0 Å². The van der Waals surface area contributed by atoms with Crippen molar-refractivity contribution in [3.05, 3.63) is 24.3 Å². The van der Waals surface area contributed by atoms with E-state index in [1.54, 1.807) is 4.80 Å². The fraction of sp³-hybridized carbons (Fsp3) is 0.364. The molecule has 2 aromatic rings. The van der Waals surface area contributed by atoms with Crippen molar-refractivity contribution in [3.63, 3.8) is 0 Å². The van der Waals surface area contributed by atoms with E-state index in [4.69, 9.17) is 4.74 Å². The molecule has 1 aromatic heterocycles. The second kappa shape index (κ2) is 4.30. The Morgan fingerprint density at radius 2 is 1.94 bits per heavy atom. The topological polar surface area (TPSA) is 57.0 Å². The number of rotatable bonds is 3. The largest absolute Gasteiger partial charge is 0.461 e. The van der Waals surface area contributed by atoms with Crippen molar-refractivity contribution in [3.8, 4) is 0 Å². The predicted octanol–water partition coefficient (Wildman–Crippen LogP) is 1.38. The van der Waals surface area contributed by atoms with Crippen molar-refractivity contribution >= 4 is 17.0 Å². The van der Waals surface area contributed by atoms with Crippen LogP contribution in [-0.2, 0) is 16.1 Å². The Kier molecular flexibility index (Phi) is 2.85. The molecule has 0 bridgehead atoms. The zero-order valence-electron chi connectivity index (χ0n) is 9.25. The third-order valence-corrected chi connectivity index (χ3v) is 2.12. The summed E-state index contributed by atoms with van der Waals surface area (Å²) in [6.07, 6.45) is -0.223. The number of ether oxygens (including phenoxy) is 1. The van der Waals surface area contributed by atoms with Gasteiger partial charge in [-0.05, 0) is 19.1 Å². The van der Waals surface area contributed by atoms with Crippen LogP contribution in [0.1, 0.15) is 13.8 Å². The van der Waals surface area contributed by atoms with E-state index in [1.165, 1.54) is 6.92 Å². The van der Waals surface area contributed by atoms with Gasteiger partial charge in [0, 0.05) is 6.92 Å². The first-order chi connectivity index (χ1) is 7.65. The number of esters is 1. The number of aromatic nitrogens is 3. The van der Waals surface area contributed by atoms with Crippen LogP contribution in [0.3, 0.4) is 0 Å². The molecule has 5 nitrogen and oxygen atoms in total. The maximum absolute atomic E-state index is 10.7. The van der Waals surface area contributed by atoms with Crippen molar-refractivity contribution in [1.29, 1.82) is 0 Å². The highest BCUT2D eigenvalue weighted by Crippen LogP contribution is 2.07. The van der Waals surface area contributed by atoms with Gasteiger partial charge < -0.3 is 4.74 Å². The Morgan fingerprint density at radius 1 is 1.38 bits per heavy atom. The van der Waals surface area contributed by atoms with E-state index in [0.29, 0.717) is 6.54 Å². The molecule has 0 amide bonds. The molecule has 0 aliphatic rings. The van der Waals surface area contributed by atoms with Crippen LogP contribution in [0.5, 0.6) is 0 Å². The molecule has 84 valence electrons. The van der Waals surface area contributed by atoms with E-state index in [9.17, 15) is 4.79 Å². The lowest BCUT2D eigenvalue weighted by atomic mass is 10.3. The van der Waals surface area contributed by atoms with Gasteiger partial charge in [-0.2, -0.15) is 15.0 Å². The predicted molar refractivity (Wildman–Crippen MR) is 58.8 cm³/mol. The number of fused-ring (bicyclic) bond motifs is 1. The molecule has 1 heterocycles. The number of hydrogen-bond acceptors (Lipinski definition) is 4. The molecule has 0 N–H and O–H groups in total. The van der Waals surface area contributed by atoms with Crippen LogP contribution in [-0.4, -0.2) is 27.1 Å². The molecule has 0 aliphatic heterocycles. The van der Waals surface area contributed by atoms with Gasteiger partial charge in [-0.3, -0.25) is 4.79 Å². The highest BCUT2D eigenvalue weighted by Gasteiger charge is 2.08. The summed E-state index contributed by atoms with van der Waals surface area (Å²) in [7, 11) is 0. The summed E-state index contributed by atoms with van der Waals surface area (Å²) in [5.41, 5.74) is 1.69. The van der Waals surface area contributed by atoms with Crippen LogP contribution in [0.15, 0.2) is 24.3 Å². The maximum atomic E-state index is 10.7. The first-order valence-corrected chi connectivity index (χ1v) is 5.12. The molecule has 0 aliphatic carbocycles. The average molecular weight is 219 g/mol. The van der Waals surface area contributed by atoms with Gasteiger partial charge in [0.05, 0.1) is 6.54 Å². The molecule has 0 spiro atoms. The van der Waals surface area contributed by atoms with E-state index < -0.39 is 0 Å². The van der Waals surface area contributed by atoms with E-state index in [2.05, 4.69) is 10.2 Å². The summed E-state index contributed by atoms with van der Waals surface area (Å²) in [6, 6.07) is 7.62. The van der Waals surface area contributed by atoms with Crippen LogP contribution >= 0.6 is 0 Å². The van der Waals surface area contributed by atoms with E-state index in [0.717, 1.165) is 11.0 Å². The van der Waals surface area contributed by atoms with Crippen LogP contribution in [0.2, 0.25) is 0 Å². The van der Waals surface area contributed by atoms with Gasteiger partial charge in [0.1, 0.15) is 17.1 Å². The van der Waals surface area contributed by atoms with Gasteiger partial charge >= 0.3 is 5.97 Å². The lowest BCUT2D eigenvalue weighted by Crippen LogP contribution is -2.20. The Labute approximate surface area is 93.0 Å². The first-order valence-electron chi connectivity index (χ1n) is 5.12. The molecule has 16 heavy (non-hydrogen) atoms. The van der Waals surface area contributed by atoms with Crippen molar-refractivity contribution < 1.29 is 9.53 Å². The molecule has 2 rings (SSSR count). The summed E-state index contributed by atoms with van der Waals surface area (Å²) in [4.78, 5) is 12.3. The van der Waals surface area contributed by atoms with Gasteiger partial charge in [-0.15, -0.1) is 0 Å². The minimum absolute atomic E-state index is 0.223. The molecule has 0 saturated heterocycles. The lowest BCUT2D eigenvalue weighted by molar-refractivity contribution is -0.146. The zero-order chi connectivity index (χ0) is 11.5. The second-order valence-electron chi connectivity index (χ2n) is 3.66. The zero-order valence-corrected chi connectivity index (χ0v) is 9.25. The van der Waals surface area contributed by atoms with Gasteiger partial charge in [0.25, 0.3) is 0 Å². The Balaban J connectivity index is 2.12. The van der Waals surface area contributed by atoms with E-state index in [1.807, 2.05) is 31.2 Å². The molecule has 5 heteroatoms. The molecular formula is C11H13N3O2. The molecular weight excluding hydrogens is 206 g/mol. The molecule has 0 radical (unpaired) electrons. The summed E-state index contributed by atoms with van der Waals surface area (Å²) < 4.78 is 5.01. The fourth-order valence-corrected chi connectivity index (χ4v) is 1.54. The Morgan fingerprint density at radius 3 is 2.44 bits per heavy atom. The number of nitrogens with zero attached hydrogens (tertiary/aromatic N) is 3. The van der Waals surface area contributed by atoms with E-state index in [-0.39, 0.29) is 12.1 Å². The van der Waals surface area contributed by atoms with Crippen LogP contribution in [0, 0.1) is 0 Å². The first kappa shape index (κ1) is 10.6. The summed E-state index contributed by atoms with van der Waals surface area (Å²) in [5.74, 6) is -0.288. The number of hydrogen-bond donors (Lipinski definition) is 0. The van der Waals surface area contributed by atoms with Crippen molar-refractivity contribution in [2.24, 2.45) is 0 Å². The summed E-state index contributed by atoms with van der Waals surface area (Å²) in [6.45, 7) is 3.67. The SMILES string of the molecule is CC(=O)O[C@H](C)Cn1nc2ccccc2n1. The minimum atomic E-state index is -0.288. The van der Waals surface area contributed by atoms with Gasteiger partial charge in [-0.1, -0.05) is 12.1 Å². The van der Waals surface area contributed by atoms with E-state index >= 15 is 0 Å². The van der Waals surface area contributed by atoms with Gasteiger partial charge in [0.2, 0.25) is 0 Å². The lowest BCUT2D eigenvalue weighted by Gasteiger charge is -2.09. The van der Waals surface area contributed by atoms with Crippen molar-refractivity contribution in [1.82, 2.24) is 15.0 Å². The number of benzene rings is 1. The van der Waals surface area contributed by atoms with Crippen molar-refractivity contribution in [2.45, 2.75) is 26.5 Å². The molecule has 0 saturated carbocycles. The standard InChI is InChI=1S/C11H13N3O2/c1-8(16-9(2)15)7-14-12-10-5-3-4-6-11(10)13-14/h3-6,8H,7H2,1-2H3/t8-/m1/s1. The van der Waals surface area contributed by atoms with Crippen molar-refractivity contribution in [2.75, 3.05) is 0 Å².